The van der Waals surface area contributed by atoms with Crippen LogP contribution in [0.3, 0.4) is 0 Å². The van der Waals surface area contributed by atoms with Crippen LogP contribution in [0.1, 0.15) is 49.3 Å². The van der Waals surface area contributed by atoms with Crippen molar-refractivity contribution in [3.63, 3.8) is 0 Å². The van der Waals surface area contributed by atoms with Crippen LogP contribution in [0.25, 0.3) is 0 Å². The van der Waals surface area contributed by atoms with Crippen molar-refractivity contribution in [2.75, 3.05) is 6.61 Å². The second-order valence-electron chi connectivity index (χ2n) is 7.18. The van der Waals surface area contributed by atoms with E-state index in [-0.39, 0.29) is 24.9 Å². The van der Waals surface area contributed by atoms with Crippen molar-refractivity contribution in [1.29, 1.82) is 0 Å². The standard InChI is InChI=1S/C24H26ClNO3/c1-4-21-23(24(28)29-5-2)19(18-8-6-7-9-20(18)25)14-22(27)26(21)15-17-12-10-16(3)11-13-17/h6-13,19H,4-5,14-15H2,1-3H3/t19-/m0/s1. The number of halogens is 1. The summed E-state index contributed by atoms with van der Waals surface area (Å²) < 4.78 is 5.38. The summed E-state index contributed by atoms with van der Waals surface area (Å²) in [5.41, 5.74) is 4.22. The molecule has 1 atom stereocenters. The molecule has 0 saturated heterocycles. The molecule has 0 unspecified atom stereocenters. The summed E-state index contributed by atoms with van der Waals surface area (Å²) in [5.74, 6) is -0.796. The van der Waals surface area contributed by atoms with E-state index in [1.165, 1.54) is 0 Å². The molecule has 0 saturated carbocycles. The average molecular weight is 412 g/mol. The number of allylic oxidation sites excluding steroid dienone is 1. The second kappa shape index (κ2) is 9.27. The van der Waals surface area contributed by atoms with Gasteiger partial charge in [0.25, 0.3) is 0 Å². The van der Waals surface area contributed by atoms with Gasteiger partial charge in [-0.15, -0.1) is 0 Å². The van der Waals surface area contributed by atoms with Crippen molar-refractivity contribution in [3.8, 4) is 0 Å². The van der Waals surface area contributed by atoms with Gasteiger partial charge < -0.3 is 9.64 Å². The Morgan fingerprint density at radius 2 is 1.83 bits per heavy atom. The summed E-state index contributed by atoms with van der Waals surface area (Å²) in [4.78, 5) is 27.8. The number of aryl methyl sites for hydroxylation is 1. The molecule has 4 nitrogen and oxygen atoms in total. The molecule has 0 aliphatic carbocycles. The van der Waals surface area contributed by atoms with Gasteiger partial charge in [-0.2, -0.15) is 0 Å². The zero-order chi connectivity index (χ0) is 21.0. The second-order valence-corrected chi connectivity index (χ2v) is 7.59. The number of amides is 1. The Balaban J connectivity index is 2.09. The highest BCUT2D eigenvalue weighted by molar-refractivity contribution is 6.31. The summed E-state index contributed by atoms with van der Waals surface area (Å²) in [6, 6.07) is 15.5. The third kappa shape index (κ3) is 4.54. The maximum atomic E-state index is 13.2. The fourth-order valence-electron chi connectivity index (χ4n) is 3.82. The molecular weight excluding hydrogens is 386 g/mol. The Morgan fingerprint density at radius 1 is 1.14 bits per heavy atom. The zero-order valence-electron chi connectivity index (χ0n) is 17.1. The number of ether oxygens (including phenoxy) is 1. The molecule has 1 aliphatic heterocycles. The van der Waals surface area contributed by atoms with Crippen LogP contribution >= 0.6 is 11.6 Å². The van der Waals surface area contributed by atoms with E-state index in [4.69, 9.17) is 16.3 Å². The number of rotatable bonds is 6. The van der Waals surface area contributed by atoms with Gasteiger partial charge in [0.1, 0.15) is 0 Å². The minimum Gasteiger partial charge on any atom is -0.463 e. The zero-order valence-corrected chi connectivity index (χ0v) is 17.8. The van der Waals surface area contributed by atoms with E-state index in [1.807, 2.05) is 56.3 Å². The van der Waals surface area contributed by atoms with E-state index in [0.717, 1.165) is 16.7 Å². The number of carbonyl (C=O) groups excluding carboxylic acids is 2. The van der Waals surface area contributed by atoms with Crippen LogP contribution in [0.5, 0.6) is 0 Å². The summed E-state index contributed by atoms with van der Waals surface area (Å²) in [6.07, 6.45) is 0.736. The average Bonchev–Trinajstić information content (AvgIpc) is 2.71. The first-order valence-electron chi connectivity index (χ1n) is 9.96. The van der Waals surface area contributed by atoms with Gasteiger partial charge in [0.15, 0.2) is 0 Å². The predicted octanol–water partition coefficient (Wildman–Crippen LogP) is 5.39. The van der Waals surface area contributed by atoms with Gasteiger partial charge in [0.05, 0.1) is 18.7 Å². The Kier molecular flexibility index (Phi) is 6.75. The molecule has 29 heavy (non-hydrogen) atoms. The first kappa shape index (κ1) is 21.1. The van der Waals surface area contributed by atoms with Crippen LogP contribution in [0.2, 0.25) is 5.02 Å². The minimum absolute atomic E-state index is 0.0135. The van der Waals surface area contributed by atoms with E-state index in [2.05, 4.69) is 0 Å². The van der Waals surface area contributed by atoms with E-state index < -0.39 is 5.92 Å². The van der Waals surface area contributed by atoms with Crippen LogP contribution in [0.15, 0.2) is 59.8 Å². The molecule has 0 fully saturated rings. The normalized spacial score (nSPS) is 16.9. The van der Waals surface area contributed by atoms with Gasteiger partial charge in [-0.25, -0.2) is 4.79 Å². The molecule has 0 aromatic heterocycles. The summed E-state index contributed by atoms with van der Waals surface area (Å²) in [6.45, 7) is 6.48. The van der Waals surface area contributed by atoms with Crippen molar-refractivity contribution in [2.45, 2.75) is 46.1 Å². The fraction of sp³-hybridized carbons (Fsp3) is 0.333. The molecule has 0 radical (unpaired) electrons. The lowest BCUT2D eigenvalue weighted by Crippen LogP contribution is -2.39. The van der Waals surface area contributed by atoms with E-state index in [1.54, 1.807) is 17.9 Å². The van der Waals surface area contributed by atoms with Crippen LogP contribution in [0.4, 0.5) is 0 Å². The van der Waals surface area contributed by atoms with Crippen molar-refractivity contribution in [3.05, 3.63) is 81.5 Å². The van der Waals surface area contributed by atoms with Crippen LogP contribution < -0.4 is 0 Å². The third-order valence-corrected chi connectivity index (χ3v) is 5.58. The highest BCUT2D eigenvalue weighted by atomic mass is 35.5. The Hall–Kier alpha value is -2.59. The molecule has 2 aromatic carbocycles. The first-order chi connectivity index (χ1) is 14.0. The number of hydrogen-bond acceptors (Lipinski definition) is 3. The topological polar surface area (TPSA) is 46.6 Å². The maximum Gasteiger partial charge on any atom is 0.336 e. The van der Waals surface area contributed by atoms with E-state index in [0.29, 0.717) is 29.3 Å². The Morgan fingerprint density at radius 3 is 2.45 bits per heavy atom. The molecular formula is C24H26ClNO3. The highest BCUT2D eigenvalue weighted by Gasteiger charge is 2.38. The van der Waals surface area contributed by atoms with Gasteiger partial charge in [0.2, 0.25) is 5.91 Å². The maximum absolute atomic E-state index is 13.2. The summed E-state index contributed by atoms with van der Waals surface area (Å²) >= 11 is 6.42. The predicted molar refractivity (Wildman–Crippen MR) is 114 cm³/mol. The van der Waals surface area contributed by atoms with Crippen molar-refractivity contribution in [1.82, 2.24) is 4.90 Å². The number of nitrogens with zero attached hydrogens (tertiary/aromatic N) is 1. The van der Waals surface area contributed by atoms with Gasteiger partial charge in [0, 0.05) is 23.1 Å². The van der Waals surface area contributed by atoms with Crippen LogP contribution in [-0.4, -0.2) is 23.4 Å². The molecule has 152 valence electrons. The van der Waals surface area contributed by atoms with E-state index >= 15 is 0 Å². The third-order valence-electron chi connectivity index (χ3n) is 5.24. The van der Waals surface area contributed by atoms with Gasteiger partial charge in [-0.3, -0.25) is 4.79 Å². The number of benzene rings is 2. The molecule has 1 amide bonds. The molecule has 0 N–H and O–H groups in total. The lowest BCUT2D eigenvalue weighted by Gasteiger charge is -2.36. The largest absolute Gasteiger partial charge is 0.463 e. The van der Waals surface area contributed by atoms with Crippen molar-refractivity contribution < 1.29 is 14.3 Å². The fourth-order valence-corrected chi connectivity index (χ4v) is 4.08. The molecule has 0 spiro atoms. The van der Waals surface area contributed by atoms with Gasteiger partial charge in [-0.05, 0) is 37.5 Å². The molecule has 5 heteroatoms. The minimum atomic E-state index is -0.403. The molecule has 1 aliphatic rings. The highest BCUT2D eigenvalue weighted by Crippen LogP contribution is 2.41. The van der Waals surface area contributed by atoms with Gasteiger partial charge >= 0.3 is 5.97 Å². The Bertz CT molecular complexity index is 933. The summed E-state index contributed by atoms with van der Waals surface area (Å²) in [7, 11) is 0. The van der Waals surface area contributed by atoms with Gasteiger partial charge in [-0.1, -0.05) is 66.6 Å². The number of carbonyl (C=O) groups is 2. The lowest BCUT2D eigenvalue weighted by molar-refractivity contribution is -0.140. The monoisotopic (exact) mass is 411 g/mol. The molecule has 3 rings (SSSR count). The number of esters is 1. The number of hydrogen-bond donors (Lipinski definition) is 0. The molecule has 1 heterocycles. The van der Waals surface area contributed by atoms with Crippen LogP contribution in [0, 0.1) is 6.92 Å². The Labute approximate surface area is 177 Å². The molecule has 2 aromatic rings. The first-order valence-corrected chi connectivity index (χ1v) is 10.3. The SMILES string of the molecule is CCOC(=O)C1=C(CC)N(Cc2ccc(C)cc2)C(=O)C[C@H]1c1ccccc1Cl. The lowest BCUT2D eigenvalue weighted by atomic mass is 9.82. The smallest absolute Gasteiger partial charge is 0.336 e. The summed E-state index contributed by atoms with van der Waals surface area (Å²) in [5, 5.41) is 0.550. The quantitative estimate of drug-likeness (QED) is 0.598. The van der Waals surface area contributed by atoms with Crippen LogP contribution in [-0.2, 0) is 20.9 Å². The van der Waals surface area contributed by atoms with E-state index in [9.17, 15) is 9.59 Å². The van der Waals surface area contributed by atoms with Crippen molar-refractivity contribution in [2.24, 2.45) is 0 Å². The van der Waals surface area contributed by atoms with Crippen molar-refractivity contribution >= 4 is 23.5 Å². The molecule has 0 bridgehead atoms.